The molecule has 1 heterocycles. The first-order chi connectivity index (χ1) is 7.70. The fourth-order valence-corrected chi connectivity index (χ4v) is 3.29. The van der Waals surface area contributed by atoms with Gasteiger partial charge >= 0.3 is 0 Å². The highest BCUT2D eigenvalue weighted by atomic mass is 32.1. The topological polar surface area (TPSA) is 24.9 Å². The molecule has 1 N–H and O–H groups in total. The molecule has 1 saturated carbocycles. The summed E-state index contributed by atoms with van der Waals surface area (Å²) in [4.78, 5) is 5.99. The normalized spacial score (nSPS) is 17.7. The van der Waals surface area contributed by atoms with Crippen LogP contribution >= 0.6 is 11.3 Å². The summed E-state index contributed by atoms with van der Waals surface area (Å²) in [6.07, 6.45) is 5.58. The van der Waals surface area contributed by atoms with Gasteiger partial charge in [0.15, 0.2) is 0 Å². The summed E-state index contributed by atoms with van der Waals surface area (Å²) in [5.41, 5.74) is 1.23. The van der Waals surface area contributed by atoms with Crippen LogP contribution in [-0.4, -0.2) is 11.5 Å². The maximum atomic E-state index is 4.54. The van der Waals surface area contributed by atoms with E-state index in [0.717, 1.165) is 12.5 Å². The van der Waals surface area contributed by atoms with Crippen LogP contribution in [0.25, 0.3) is 0 Å². The van der Waals surface area contributed by atoms with E-state index in [1.807, 2.05) is 11.3 Å². The number of thiazole rings is 1. The van der Waals surface area contributed by atoms with Crippen molar-refractivity contribution in [2.45, 2.75) is 52.5 Å². The average molecular weight is 238 g/mol. The van der Waals surface area contributed by atoms with Gasteiger partial charge in [-0.1, -0.05) is 19.8 Å². The predicted octanol–water partition coefficient (Wildman–Crippen LogP) is 3.60. The second kappa shape index (κ2) is 5.28. The SMILES string of the molecule is CCNC(CCC1CC1)c1sc(C)nc1C. The Labute approximate surface area is 102 Å². The van der Waals surface area contributed by atoms with E-state index >= 15 is 0 Å². The lowest BCUT2D eigenvalue weighted by molar-refractivity contribution is 0.485. The van der Waals surface area contributed by atoms with E-state index in [1.54, 1.807) is 0 Å². The molecular formula is C13H22N2S. The molecule has 0 aromatic carbocycles. The number of rotatable bonds is 6. The first-order valence-electron chi connectivity index (χ1n) is 6.38. The van der Waals surface area contributed by atoms with Gasteiger partial charge in [-0.3, -0.25) is 0 Å². The van der Waals surface area contributed by atoms with Crippen LogP contribution in [0.4, 0.5) is 0 Å². The number of nitrogens with zero attached hydrogens (tertiary/aromatic N) is 1. The first-order valence-corrected chi connectivity index (χ1v) is 7.19. The van der Waals surface area contributed by atoms with Crippen LogP contribution in [0.2, 0.25) is 0 Å². The molecule has 0 amide bonds. The second-order valence-corrected chi connectivity index (χ2v) is 6.05. The second-order valence-electron chi connectivity index (χ2n) is 4.81. The smallest absolute Gasteiger partial charge is 0.0900 e. The van der Waals surface area contributed by atoms with Crippen LogP contribution < -0.4 is 5.32 Å². The van der Waals surface area contributed by atoms with Gasteiger partial charge < -0.3 is 5.32 Å². The number of hydrogen-bond donors (Lipinski definition) is 1. The molecule has 1 aromatic heterocycles. The van der Waals surface area contributed by atoms with E-state index < -0.39 is 0 Å². The summed E-state index contributed by atoms with van der Waals surface area (Å²) >= 11 is 1.86. The maximum Gasteiger partial charge on any atom is 0.0900 e. The van der Waals surface area contributed by atoms with Crippen molar-refractivity contribution in [3.8, 4) is 0 Å². The van der Waals surface area contributed by atoms with Crippen molar-refractivity contribution in [3.05, 3.63) is 15.6 Å². The summed E-state index contributed by atoms with van der Waals surface area (Å²) in [5.74, 6) is 1.02. The average Bonchev–Trinajstić information content (AvgIpc) is 2.99. The predicted molar refractivity (Wildman–Crippen MR) is 70.0 cm³/mol. The molecule has 0 radical (unpaired) electrons. The zero-order chi connectivity index (χ0) is 11.5. The molecule has 0 spiro atoms. The maximum absolute atomic E-state index is 4.54. The van der Waals surface area contributed by atoms with Crippen molar-refractivity contribution in [3.63, 3.8) is 0 Å². The molecule has 1 aliphatic carbocycles. The van der Waals surface area contributed by atoms with E-state index in [1.165, 1.54) is 41.3 Å². The summed E-state index contributed by atoms with van der Waals surface area (Å²) in [6.45, 7) is 7.48. The van der Waals surface area contributed by atoms with Crippen molar-refractivity contribution in [2.75, 3.05) is 6.54 Å². The number of aromatic nitrogens is 1. The largest absolute Gasteiger partial charge is 0.309 e. The van der Waals surface area contributed by atoms with Gasteiger partial charge in [0.05, 0.1) is 10.7 Å². The Balaban J connectivity index is 2.01. The first kappa shape index (κ1) is 12.1. The Morgan fingerprint density at radius 1 is 1.44 bits per heavy atom. The molecule has 1 fully saturated rings. The van der Waals surface area contributed by atoms with Crippen LogP contribution in [0.5, 0.6) is 0 Å². The number of aryl methyl sites for hydroxylation is 2. The lowest BCUT2D eigenvalue weighted by Crippen LogP contribution is -2.20. The molecule has 1 aromatic rings. The molecule has 0 saturated heterocycles. The van der Waals surface area contributed by atoms with Gasteiger partial charge in [0.2, 0.25) is 0 Å². The van der Waals surface area contributed by atoms with Crippen molar-refractivity contribution in [1.82, 2.24) is 10.3 Å². The molecule has 16 heavy (non-hydrogen) atoms. The van der Waals surface area contributed by atoms with Crippen molar-refractivity contribution in [1.29, 1.82) is 0 Å². The molecule has 1 aliphatic rings. The Hall–Kier alpha value is -0.410. The van der Waals surface area contributed by atoms with Gasteiger partial charge in [0, 0.05) is 10.9 Å². The van der Waals surface area contributed by atoms with E-state index in [-0.39, 0.29) is 0 Å². The Morgan fingerprint density at radius 2 is 2.19 bits per heavy atom. The lowest BCUT2D eigenvalue weighted by atomic mass is 10.1. The summed E-state index contributed by atoms with van der Waals surface area (Å²) in [7, 11) is 0. The fraction of sp³-hybridized carbons (Fsp3) is 0.769. The summed E-state index contributed by atoms with van der Waals surface area (Å²) in [5, 5.41) is 4.80. The molecule has 1 atom stereocenters. The van der Waals surface area contributed by atoms with E-state index in [9.17, 15) is 0 Å². The monoisotopic (exact) mass is 238 g/mol. The molecule has 1 unspecified atom stereocenters. The molecule has 0 aliphatic heterocycles. The van der Waals surface area contributed by atoms with Crippen molar-refractivity contribution < 1.29 is 0 Å². The molecule has 3 heteroatoms. The van der Waals surface area contributed by atoms with Crippen LogP contribution in [0.3, 0.4) is 0 Å². The lowest BCUT2D eigenvalue weighted by Gasteiger charge is -2.16. The molecule has 90 valence electrons. The van der Waals surface area contributed by atoms with Crippen LogP contribution in [-0.2, 0) is 0 Å². The minimum absolute atomic E-state index is 0.539. The molecule has 2 nitrogen and oxygen atoms in total. The van der Waals surface area contributed by atoms with E-state index in [4.69, 9.17) is 0 Å². The minimum Gasteiger partial charge on any atom is -0.309 e. The third kappa shape index (κ3) is 3.05. The van der Waals surface area contributed by atoms with Gasteiger partial charge in [0.25, 0.3) is 0 Å². The van der Waals surface area contributed by atoms with E-state index in [2.05, 4.69) is 31.1 Å². The van der Waals surface area contributed by atoms with Gasteiger partial charge in [-0.25, -0.2) is 4.98 Å². The van der Waals surface area contributed by atoms with Gasteiger partial charge in [0.1, 0.15) is 0 Å². The van der Waals surface area contributed by atoms with Gasteiger partial charge in [-0.15, -0.1) is 11.3 Å². The highest BCUT2D eigenvalue weighted by Gasteiger charge is 2.24. The summed E-state index contributed by atoms with van der Waals surface area (Å²) < 4.78 is 0. The Morgan fingerprint density at radius 3 is 2.69 bits per heavy atom. The van der Waals surface area contributed by atoms with Crippen LogP contribution in [0, 0.1) is 19.8 Å². The highest BCUT2D eigenvalue weighted by Crippen LogP contribution is 2.37. The number of hydrogen-bond acceptors (Lipinski definition) is 3. The Kier molecular flexibility index (Phi) is 3.98. The van der Waals surface area contributed by atoms with Crippen molar-refractivity contribution in [2.24, 2.45) is 5.92 Å². The van der Waals surface area contributed by atoms with Crippen LogP contribution in [0.15, 0.2) is 0 Å². The van der Waals surface area contributed by atoms with E-state index in [0.29, 0.717) is 6.04 Å². The number of nitrogens with one attached hydrogen (secondary N) is 1. The molecule has 0 bridgehead atoms. The third-order valence-corrected chi connectivity index (χ3v) is 4.45. The quantitative estimate of drug-likeness (QED) is 0.819. The fourth-order valence-electron chi connectivity index (χ4n) is 2.25. The zero-order valence-corrected chi connectivity index (χ0v) is 11.4. The minimum atomic E-state index is 0.539. The Bertz CT molecular complexity index is 342. The highest BCUT2D eigenvalue weighted by molar-refractivity contribution is 7.11. The van der Waals surface area contributed by atoms with Gasteiger partial charge in [-0.05, 0) is 39.2 Å². The van der Waals surface area contributed by atoms with Crippen LogP contribution in [0.1, 0.15) is 54.2 Å². The van der Waals surface area contributed by atoms with Crippen molar-refractivity contribution >= 4 is 11.3 Å². The third-order valence-electron chi connectivity index (χ3n) is 3.27. The molecular weight excluding hydrogens is 216 g/mol. The van der Waals surface area contributed by atoms with Gasteiger partial charge in [-0.2, -0.15) is 0 Å². The summed E-state index contributed by atoms with van der Waals surface area (Å²) in [6, 6.07) is 0.539. The zero-order valence-electron chi connectivity index (χ0n) is 10.5. The standard InChI is InChI=1S/C13H22N2S/c1-4-14-12(8-7-11-5-6-11)13-9(2)15-10(3)16-13/h11-12,14H,4-8H2,1-3H3. The molecule has 2 rings (SSSR count).